The summed E-state index contributed by atoms with van der Waals surface area (Å²) < 4.78 is 12.5. The third kappa shape index (κ3) is 1.47. The molecule has 0 radical (unpaired) electrons. The second-order valence-corrected chi connectivity index (χ2v) is 4.32. The maximum atomic E-state index is 11.7. The van der Waals surface area contributed by atoms with E-state index in [0.29, 0.717) is 6.42 Å². The monoisotopic (exact) mass is 240 g/mol. The van der Waals surface area contributed by atoms with Crippen LogP contribution in [-0.2, 0) is 15.2 Å². The van der Waals surface area contributed by atoms with Crippen molar-refractivity contribution in [3.63, 3.8) is 0 Å². The Morgan fingerprint density at radius 1 is 1.59 bits per heavy atom. The van der Waals surface area contributed by atoms with Gasteiger partial charge in [-0.25, -0.2) is 4.79 Å². The molecule has 2 N–H and O–H groups in total. The highest BCUT2D eigenvalue weighted by atomic mass is 16.6. The van der Waals surface area contributed by atoms with E-state index in [1.54, 1.807) is 0 Å². The first-order chi connectivity index (χ1) is 8.14. The standard InChI is InChI=1S/C10H12N2O5/c13-4-7-6-3-10(17-7,5-16-6)12-2-1-8(14)11-9(12)15/h1-2,6-7,13H,3-5H2,(H,11,14,15)/t6?,7-,10+/m1/s1. The molecule has 1 unspecified atom stereocenters. The smallest absolute Gasteiger partial charge is 0.330 e. The van der Waals surface area contributed by atoms with Gasteiger partial charge >= 0.3 is 5.69 Å². The zero-order valence-corrected chi connectivity index (χ0v) is 8.96. The first-order valence-electron chi connectivity index (χ1n) is 5.37. The predicted molar refractivity (Wildman–Crippen MR) is 55.6 cm³/mol. The van der Waals surface area contributed by atoms with E-state index < -0.39 is 23.1 Å². The lowest BCUT2D eigenvalue weighted by atomic mass is 10.1. The summed E-state index contributed by atoms with van der Waals surface area (Å²) in [7, 11) is 0. The number of ether oxygens (including phenoxy) is 2. The number of nitrogens with zero attached hydrogens (tertiary/aromatic N) is 1. The van der Waals surface area contributed by atoms with Crippen molar-refractivity contribution in [1.29, 1.82) is 0 Å². The lowest BCUT2D eigenvalue weighted by Crippen LogP contribution is -2.47. The maximum absolute atomic E-state index is 11.7. The molecule has 7 heteroatoms. The van der Waals surface area contributed by atoms with Gasteiger partial charge in [-0.3, -0.25) is 14.3 Å². The van der Waals surface area contributed by atoms with Gasteiger partial charge < -0.3 is 14.6 Å². The van der Waals surface area contributed by atoms with E-state index in [4.69, 9.17) is 14.6 Å². The van der Waals surface area contributed by atoms with Gasteiger partial charge in [-0.1, -0.05) is 0 Å². The van der Waals surface area contributed by atoms with Crippen molar-refractivity contribution < 1.29 is 14.6 Å². The van der Waals surface area contributed by atoms with E-state index in [1.165, 1.54) is 16.8 Å². The van der Waals surface area contributed by atoms with E-state index in [1.807, 2.05) is 0 Å². The van der Waals surface area contributed by atoms with Crippen LogP contribution in [0.25, 0.3) is 0 Å². The molecule has 3 rings (SSSR count). The van der Waals surface area contributed by atoms with Crippen LogP contribution in [0.1, 0.15) is 6.42 Å². The molecule has 0 amide bonds. The summed E-state index contributed by atoms with van der Waals surface area (Å²) in [5.74, 6) is 0. The van der Waals surface area contributed by atoms with Gasteiger partial charge in [0.15, 0.2) is 5.72 Å². The topological polar surface area (TPSA) is 93.5 Å². The molecule has 92 valence electrons. The number of aliphatic hydroxyl groups is 1. The van der Waals surface area contributed by atoms with Crippen LogP contribution in [0.3, 0.4) is 0 Å². The lowest BCUT2D eigenvalue weighted by molar-refractivity contribution is -0.189. The largest absolute Gasteiger partial charge is 0.394 e. The van der Waals surface area contributed by atoms with E-state index >= 15 is 0 Å². The molecule has 3 heterocycles. The van der Waals surface area contributed by atoms with E-state index in [-0.39, 0.29) is 19.3 Å². The normalized spacial score (nSPS) is 35.4. The van der Waals surface area contributed by atoms with Crippen LogP contribution in [0, 0.1) is 0 Å². The van der Waals surface area contributed by atoms with Crippen molar-refractivity contribution in [1.82, 2.24) is 9.55 Å². The Morgan fingerprint density at radius 3 is 3.06 bits per heavy atom. The van der Waals surface area contributed by atoms with Gasteiger partial charge in [-0.05, 0) is 0 Å². The second-order valence-electron chi connectivity index (χ2n) is 4.32. The van der Waals surface area contributed by atoms with Crippen molar-refractivity contribution in [2.45, 2.75) is 24.4 Å². The minimum Gasteiger partial charge on any atom is -0.394 e. The minimum absolute atomic E-state index is 0.148. The fraction of sp³-hybridized carbons (Fsp3) is 0.600. The van der Waals surface area contributed by atoms with Crippen LogP contribution in [0.4, 0.5) is 0 Å². The first-order valence-corrected chi connectivity index (χ1v) is 5.37. The summed E-state index contributed by atoms with van der Waals surface area (Å²) in [6, 6.07) is 1.26. The summed E-state index contributed by atoms with van der Waals surface area (Å²) >= 11 is 0. The molecule has 0 aliphatic carbocycles. The number of aromatic amines is 1. The van der Waals surface area contributed by atoms with Crippen LogP contribution < -0.4 is 11.2 Å². The molecule has 2 saturated heterocycles. The Bertz CT molecular complexity index is 550. The van der Waals surface area contributed by atoms with Gasteiger partial charge in [0, 0.05) is 18.7 Å². The molecule has 1 aromatic rings. The summed E-state index contributed by atoms with van der Waals surface area (Å²) in [6.45, 7) is 0.102. The maximum Gasteiger partial charge on any atom is 0.330 e. The molecule has 0 aromatic carbocycles. The van der Waals surface area contributed by atoms with E-state index in [9.17, 15) is 9.59 Å². The van der Waals surface area contributed by atoms with Gasteiger partial charge in [0.25, 0.3) is 5.56 Å². The molecule has 17 heavy (non-hydrogen) atoms. The third-order valence-electron chi connectivity index (χ3n) is 3.27. The van der Waals surface area contributed by atoms with Crippen molar-refractivity contribution in [3.8, 4) is 0 Å². The molecule has 7 nitrogen and oxygen atoms in total. The molecule has 0 saturated carbocycles. The molecule has 2 aliphatic heterocycles. The van der Waals surface area contributed by atoms with Crippen molar-refractivity contribution >= 4 is 0 Å². The number of fused-ring (bicyclic) bond motifs is 2. The number of rotatable bonds is 2. The van der Waals surface area contributed by atoms with Crippen LogP contribution in [0.5, 0.6) is 0 Å². The minimum atomic E-state index is -0.890. The van der Waals surface area contributed by atoms with Crippen LogP contribution in [-0.4, -0.2) is 40.1 Å². The average molecular weight is 240 g/mol. The first kappa shape index (κ1) is 10.7. The van der Waals surface area contributed by atoms with Crippen molar-refractivity contribution in [2.24, 2.45) is 0 Å². The fourth-order valence-electron chi connectivity index (χ4n) is 2.47. The van der Waals surface area contributed by atoms with E-state index in [0.717, 1.165) is 0 Å². The molecule has 3 atom stereocenters. The van der Waals surface area contributed by atoms with E-state index in [2.05, 4.69) is 4.98 Å². The highest BCUT2D eigenvalue weighted by Crippen LogP contribution is 2.42. The Labute approximate surface area is 95.6 Å². The summed E-state index contributed by atoms with van der Waals surface area (Å²) in [6.07, 6.45) is 1.29. The quantitative estimate of drug-likeness (QED) is 0.647. The summed E-state index contributed by atoms with van der Waals surface area (Å²) in [4.78, 5) is 24.9. The second kappa shape index (κ2) is 3.52. The highest BCUT2D eigenvalue weighted by molar-refractivity contribution is 5.00. The van der Waals surface area contributed by atoms with Crippen molar-refractivity contribution in [2.75, 3.05) is 13.2 Å². The summed E-state index contributed by atoms with van der Waals surface area (Å²) in [5, 5.41) is 9.11. The van der Waals surface area contributed by atoms with Gasteiger partial charge in [0.05, 0.1) is 19.3 Å². The van der Waals surface area contributed by atoms with Crippen LogP contribution >= 0.6 is 0 Å². The number of H-pyrrole nitrogens is 1. The molecule has 0 spiro atoms. The highest BCUT2D eigenvalue weighted by Gasteiger charge is 2.54. The number of hydrogen-bond donors (Lipinski definition) is 2. The zero-order valence-electron chi connectivity index (χ0n) is 8.96. The molecule has 2 bridgehead atoms. The van der Waals surface area contributed by atoms with Gasteiger partial charge in [-0.2, -0.15) is 0 Å². The Kier molecular flexibility index (Phi) is 2.22. The number of nitrogens with one attached hydrogen (secondary N) is 1. The molecule has 2 fully saturated rings. The Morgan fingerprint density at radius 2 is 2.41 bits per heavy atom. The van der Waals surface area contributed by atoms with Gasteiger partial charge in [0.2, 0.25) is 0 Å². The SMILES string of the molecule is O=c1ccn([C@@]23COC(C2)[C@@H](CO)O3)c(=O)[nH]1. The molecular formula is C10H12N2O5. The van der Waals surface area contributed by atoms with Gasteiger partial charge in [0.1, 0.15) is 6.10 Å². The van der Waals surface area contributed by atoms with Crippen LogP contribution in [0.15, 0.2) is 21.9 Å². The van der Waals surface area contributed by atoms with Crippen molar-refractivity contribution in [3.05, 3.63) is 33.1 Å². The van der Waals surface area contributed by atoms with Gasteiger partial charge in [-0.15, -0.1) is 0 Å². The lowest BCUT2D eigenvalue weighted by Gasteiger charge is -2.30. The Hall–Kier alpha value is -1.44. The number of aromatic nitrogens is 2. The number of hydrogen-bond acceptors (Lipinski definition) is 5. The fourth-order valence-corrected chi connectivity index (χ4v) is 2.47. The molecule has 1 aromatic heterocycles. The summed E-state index contributed by atoms with van der Waals surface area (Å²) in [5.41, 5.74) is -1.87. The Balaban J connectivity index is 2.05. The third-order valence-corrected chi connectivity index (χ3v) is 3.27. The molecule has 2 aliphatic rings. The zero-order chi connectivity index (χ0) is 12.0. The number of aliphatic hydroxyl groups excluding tert-OH is 1. The van der Waals surface area contributed by atoms with Crippen LogP contribution in [0.2, 0.25) is 0 Å². The predicted octanol–water partition coefficient (Wildman–Crippen LogP) is -1.63. The molecular weight excluding hydrogens is 228 g/mol. The average Bonchev–Trinajstić information content (AvgIpc) is 2.86.